The largest absolute Gasteiger partial charge is 0.399 e. The second-order valence-electron chi connectivity index (χ2n) is 6.13. The van der Waals surface area contributed by atoms with Crippen molar-refractivity contribution in [1.29, 1.82) is 0 Å². The fraction of sp³-hybridized carbons (Fsp3) is 0.625. The second kappa shape index (κ2) is 7.07. The quantitative estimate of drug-likeness (QED) is 0.503. The normalized spacial score (nSPS) is 26.6. The lowest BCUT2D eigenvalue weighted by molar-refractivity contribution is -1.03. The van der Waals surface area contributed by atoms with Crippen molar-refractivity contribution in [1.82, 2.24) is 0 Å². The minimum Gasteiger partial charge on any atom is -0.399 e. The lowest BCUT2D eigenvalue weighted by Crippen LogP contribution is -3.14. The number of quaternary nitrogens is 2. The summed E-state index contributed by atoms with van der Waals surface area (Å²) in [5, 5.41) is 9.30. The molecular formula is C16H29N3O+2. The molecule has 1 aliphatic heterocycles. The van der Waals surface area contributed by atoms with E-state index in [4.69, 9.17) is 5.73 Å². The van der Waals surface area contributed by atoms with Gasteiger partial charge in [-0.05, 0) is 18.6 Å². The molecule has 0 atom stereocenters. The Morgan fingerprint density at radius 3 is 2.35 bits per heavy atom. The van der Waals surface area contributed by atoms with Crippen LogP contribution in [0, 0.1) is 0 Å². The number of rotatable bonds is 6. The number of nitrogens with two attached hydrogens (primary N) is 1. The first-order chi connectivity index (χ1) is 9.67. The zero-order valence-electron chi connectivity index (χ0n) is 12.6. The molecule has 4 heteroatoms. The first kappa shape index (κ1) is 15.3. The van der Waals surface area contributed by atoms with E-state index >= 15 is 0 Å². The number of benzene rings is 1. The Bertz CT molecular complexity index is 389. The van der Waals surface area contributed by atoms with Gasteiger partial charge in [-0.25, -0.2) is 0 Å². The van der Waals surface area contributed by atoms with Crippen molar-refractivity contribution in [2.75, 3.05) is 51.6 Å². The van der Waals surface area contributed by atoms with E-state index in [-0.39, 0.29) is 0 Å². The minimum atomic E-state index is 0.313. The van der Waals surface area contributed by atoms with Gasteiger partial charge in [0, 0.05) is 11.3 Å². The highest BCUT2D eigenvalue weighted by Crippen LogP contribution is 2.09. The fourth-order valence-electron chi connectivity index (χ4n) is 3.37. The molecule has 1 heterocycles. The van der Waals surface area contributed by atoms with Crippen molar-refractivity contribution in [3.05, 3.63) is 29.8 Å². The standard InChI is InChI=1S/C16H28N3O/c1-2-9-19(12-13-20)10-7-18(8-11-19)14-15-3-5-16(17)6-4-15/h3-6,20H,2,7-14,17H2,1H3/q+1/p+1. The van der Waals surface area contributed by atoms with Gasteiger partial charge in [0.2, 0.25) is 0 Å². The van der Waals surface area contributed by atoms with Crippen molar-refractivity contribution < 1.29 is 14.5 Å². The smallest absolute Gasteiger partial charge is 0.129 e. The number of nitrogens with one attached hydrogen (secondary N) is 1. The summed E-state index contributed by atoms with van der Waals surface area (Å²) in [6, 6.07) is 8.25. The minimum absolute atomic E-state index is 0.313. The topological polar surface area (TPSA) is 50.7 Å². The maximum atomic E-state index is 9.30. The summed E-state index contributed by atoms with van der Waals surface area (Å²) in [4.78, 5) is 1.65. The van der Waals surface area contributed by atoms with Crippen LogP contribution < -0.4 is 10.6 Å². The summed E-state index contributed by atoms with van der Waals surface area (Å²) in [5.41, 5.74) is 7.93. The molecule has 1 aromatic rings. The average Bonchev–Trinajstić information content (AvgIpc) is 2.45. The number of hydrogen-bond donors (Lipinski definition) is 3. The Labute approximate surface area is 122 Å². The second-order valence-corrected chi connectivity index (χ2v) is 6.13. The molecule has 1 saturated heterocycles. The zero-order valence-corrected chi connectivity index (χ0v) is 12.6. The molecule has 2 rings (SSSR count). The van der Waals surface area contributed by atoms with E-state index in [0.29, 0.717) is 6.61 Å². The summed E-state index contributed by atoms with van der Waals surface area (Å²) in [5.74, 6) is 0. The van der Waals surface area contributed by atoms with Gasteiger partial charge < -0.3 is 20.2 Å². The van der Waals surface area contributed by atoms with Crippen LogP contribution in [-0.4, -0.2) is 55.5 Å². The molecule has 20 heavy (non-hydrogen) atoms. The van der Waals surface area contributed by atoms with Crippen LogP contribution >= 0.6 is 0 Å². The Morgan fingerprint density at radius 1 is 1.15 bits per heavy atom. The van der Waals surface area contributed by atoms with Gasteiger partial charge in [0.25, 0.3) is 0 Å². The Hall–Kier alpha value is -1.10. The molecule has 1 aliphatic rings. The number of piperazine rings is 1. The van der Waals surface area contributed by atoms with Gasteiger partial charge in [-0.15, -0.1) is 0 Å². The highest BCUT2D eigenvalue weighted by Gasteiger charge is 2.33. The van der Waals surface area contributed by atoms with Crippen molar-refractivity contribution in [2.24, 2.45) is 0 Å². The molecule has 0 amide bonds. The number of aliphatic hydroxyl groups excluding tert-OH is 1. The molecule has 4 nitrogen and oxygen atoms in total. The predicted octanol–water partition coefficient (Wildman–Crippen LogP) is -0.114. The molecule has 0 bridgehead atoms. The molecule has 0 saturated carbocycles. The number of nitrogen functional groups attached to an aromatic ring is 1. The number of nitrogens with zero attached hydrogens (tertiary/aromatic N) is 1. The van der Waals surface area contributed by atoms with Crippen molar-refractivity contribution in [3.63, 3.8) is 0 Å². The molecule has 1 fully saturated rings. The lowest BCUT2D eigenvalue weighted by Gasteiger charge is -2.42. The van der Waals surface area contributed by atoms with E-state index in [9.17, 15) is 5.11 Å². The first-order valence-corrected chi connectivity index (χ1v) is 7.81. The van der Waals surface area contributed by atoms with Gasteiger partial charge in [0.05, 0.1) is 13.2 Å². The maximum Gasteiger partial charge on any atom is 0.129 e. The number of aliphatic hydroxyl groups is 1. The van der Waals surface area contributed by atoms with E-state index in [1.807, 2.05) is 12.1 Å². The SMILES string of the molecule is CCC[N+]1(CCO)CC[NH+](Cc2ccc(N)cc2)CC1. The summed E-state index contributed by atoms with van der Waals surface area (Å²) in [6.45, 7) is 10.6. The maximum absolute atomic E-state index is 9.30. The summed E-state index contributed by atoms with van der Waals surface area (Å²) >= 11 is 0. The van der Waals surface area contributed by atoms with E-state index < -0.39 is 0 Å². The Balaban J connectivity index is 1.88. The first-order valence-electron chi connectivity index (χ1n) is 7.81. The average molecular weight is 279 g/mol. The fourth-order valence-corrected chi connectivity index (χ4v) is 3.37. The highest BCUT2D eigenvalue weighted by atomic mass is 16.3. The van der Waals surface area contributed by atoms with E-state index in [1.165, 1.54) is 44.7 Å². The van der Waals surface area contributed by atoms with Crippen LogP contribution in [0.2, 0.25) is 0 Å². The van der Waals surface area contributed by atoms with Crippen LogP contribution in [0.1, 0.15) is 18.9 Å². The monoisotopic (exact) mass is 279 g/mol. The molecule has 1 aromatic carbocycles. The van der Waals surface area contributed by atoms with Gasteiger partial charge in [-0.3, -0.25) is 0 Å². The lowest BCUT2D eigenvalue weighted by atomic mass is 10.1. The van der Waals surface area contributed by atoms with Crippen molar-refractivity contribution in [3.8, 4) is 0 Å². The number of hydrogen-bond acceptors (Lipinski definition) is 2. The molecule has 112 valence electrons. The van der Waals surface area contributed by atoms with Crippen LogP contribution in [0.25, 0.3) is 0 Å². The van der Waals surface area contributed by atoms with Crippen LogP contribution in [0.4, 0.5) is 5.69 Å². The molecule has 0 unspecified atom stereocenters. The zero-order chi connectivity index (χ0) is 14.4. The van der Waals surface area contributed by atoms with Gasteiger partial charge in [-0.1, -0.05) is 19.1 Å². The summed E-state index contributed by atoms with van der Waals surface area (Å²) in [7, 11) is 0. The number of anilines is 1. The highest BCUT2D eigenvalue weighted by molar-refractivity contribution is 5.38. The summed E-state index contributed by atoms with van der Waals surface area (Å²) in [6.07, 6.45) is 1.20. The summed E-state index contributed by atoms with van der Waals surface area (Å²) < 4.78 is 1.11. The molecule has 0 aliphatic carbocycles. The third-order valence-corrected chi connectivity index (χ3v) is 4.59. The Morgan fingerprint density at radius 2 is 1.80 bits per heavy atom. The molecular weight excluding hydrogens is 250 g/mol. The Kier molecular flexibility index (Phi) is 5.40. The van der Waals surface area contributed by atoms with Crippen LogP contribution in [0.15, 0.2) is 24.3 Å². The van der Waals surface area contributed by atoms with Crippen molar-refractivity contribution in [2.45, 2.75) is 19.9 Å². The van der Waals surface area contributed by atoms with Crippen LogP contribution in [-0.2, 0) is 6.54 Å². The van der Waals surface area contributed by atoms with E-state index in [0.717, 1.165) is 23.3 Å². The molecule has 0 aromatic heterocycles. The van der Waals surface area contributed by atoms with E-state index in [2.05, 4.69) is 19.1 Å². The predicted molar refractivity (Wildman–Crippen MR) is 82.4 cm³/mol. The van der Waals surface area contributed by atoms with Gasteiger partial charge in [0.15, 0.2) is 0 Å². The molecule has 0 spiro atoms. The third kappa shape index (κ3) is 3.95. The van der Waals surface area contributed by atoms with Gasteiger partial charge in [-0.2, -0.15) is 0 Å². The van der Waals surface area contributed by atoms with Crippen LogP contribution in [0.5, 0.6) is 0 Å². The van der Waals surface area contributed by atoms with Crippen LogP contribution in [0.3, 0.4) is 0 Å². The van der Waals surface area contributed by atoms with Gasteiger partial charge in [0.1, 0.15) is 39.3 Å². The third-order valence-electron chi connectivity index (χ3n) is 4.59. The van der Waals surface area contributed by atoms with Crippen molar-refractivity contribution >= 4 is 5.69 Å². The molecule has 4 N–H and O–H groups in total. The molecule has 0 radical (unpaired) electrons. The van der Waals surface area contributed by atoms with E-state index in [1.54, 1.807) is 4.90 Å². The van der Waals surface area contributed by atoms with Gasteiger partial charge >= 0.3 is 0 Å².